The van der Waals surface area contributed by atoms with Crippen LogP contribution >= 0.6 is 0 Å². The number of hydrogen-bond acceptors (Lipinski definition) is 6. The van der Waals surface area contributed by atoms with Gasteiger partial charge in [0.1, 0.15) is 0 Å². The third-order valence-electron chi connectivity index (χ3n) is 6.08. The number of benzene rings is 2. The molecule has 0 aromatic heterocycles. The normalized spacial score (nSPS) is 17.0. The van der Waals surface area contributed by atoms with Crippen LogP contribution in [0.25, 0.3) is 0 Å². The number of piperidine rings is 1. The van der Waals surface area contributed by atoms with Gasteiger partial charge in [0.25, 0.3) is 0 Å². The summed E-state index contributed by atoms with van der Waals surface area (Å²) in [5, 5.41) is 10.5. The van der Waals surface area contributed by atoms with Crippen molar-refractivity contribution in [3.05, 3.63) is 47.5 Å². The Morgan fingerprint density at radius 3 is 2.65 bits per heavy atom. The predicted octanol–water partition coefficient (Wildman–Crippen LogP) is 3.95. The summed E-state index contributed by atoms with van der Waals surface area (Å²) in [6.45, 7) is 6.26. The highest BCUT2D eigenvalue weighted by molar-refractivity contribution is 5.45. The van der Waals surface area contributed by atoms with Crippen LogP contribution in [0, 0.1) is 0 Å². The fraction of sp³-hybridized carbons (Fsp3) is 0.520. The van der Waals surface area contributed by atoms with Gasteiger partial charge in [-0.3, -0.25) is 4.90 Å². The number of nitrogens with zero attached hydrogens (tertiary/aromatic N) is 2. The maximum atomic E-state index is 10.5. The summed E-state index contributed by atoms with van der Waals surface area (Å²) in [6.07, 6.45) is 3.33. The lowest BCUT2D eigenvalue weighted by Gasteiger charge is -2.38. The summed E-state index contributed by atoms with van der Waals surface area (Å²) in [5.41, 5.74) is 2.18. The summed E-state index contributed by atoms with van der Waals surface area (Å²) in [4.78, 5) is 4.89. The average molecular weight is 429 g/mol. The smallest absolute Gasteiger partial charge is 0.162 e. The molecule has 0 aliphatic carbocycles. The SMILES string of the molecule is CCOc1cccc(CN2CCC[C@@H](N(C)CCc3ccc(OC)c(OC)c3)C2)c1O. The molecule has 1 aliphatic rings. The Morgan fingerprint density at radius 1 is 1.10 bits per heavy atom. The van der Waals surface area contributed by atoms with Crippen molar-refractivity contribution in [1.82, 2.24) is 9.80 Å². The van der Waals surface area contributed by atoms with Crippen LogP contribution in [0.1, 0.15) is 30.9 Å². The minimum atomic E-state index is 0.272. The van der Waals surface area contributed by atoms with Crippen LogP contribution in [0.4, 0.5) is 0 Å². The van der Waals surface area contributed by atoms with E-state index < -0.39 is 0 Å². The quantitative estimate of drug-likeness (QED) is 0.619. The van der Waals surface area contributed by atoms with E-state index in [1.165, 1.54) is 12.0 Å². The lowest BCUT2D eigenvalue weighted by molar-refractivity contribution is 0.111. The van der Waals surface area contributed by atoms with Gasteiger partial charge in [0.2, 0.25) is 0 Å². The van der Waals surface area contributed by atoms with E-state index in [1.54, 1.807) is 14.2 Å². The number of ether oxygens (including phenoxy) is 3. The predicted molar refractivity (Wildman–Crippen MR) is 123 cm³/mol. The van der Waals surface area contributed by atoms with Gasteiger partial charge in [0.05, 0.1) is 20.8 Å². The van der Waals surface area contributed by atoms with Crippen LogP contribution in [0.5, 0.6) is 23.0 Å². The van der Waals surface area contributed by atoms with E-state index in [4.69, 9.17) is 14.2 Å². The lowest BCUT2D eigenvalue weighted by atomic mass is 10.0. The van der Waals surface area contributed by atoms with Gasteiger partial charge in [-0.15, -0.1) is 0 Å². The third kappa shape index (κ3) is 6.05. The van der Waals surface area contributed by atoms with Gasteiger partial charge in [-0.1, -0.05) is 18.2 Å². The molecule has 6 heteroatoms. The maximum absolute atomic E-state index is 10.5. The van der Waals surface area contributed by atoms with Gasteiger partial charge in [0.15, 0.2) is 23.0 Å². The first-order valence-corrected chi connectivity index (χ1v) is 11.1. The fourth-order valence-electron chi connectivity index (χ4n) is 4.27. The van der Waals surface area contributed by atoms with Gasteiger partial charge in [-0.05, 0) is 63.5 Å². The van der Waals surface area contributed by atoms with Gasteiger partial charge < -0.3 is 24.2 Å². The van der Waals surface area contributed by atoms with Crippen LogP contribution in [-0.2, 0) is 13.0 Å². The average Bonchev–Trinajstić information content (AvgIpc) is 2.80. The minimum Gasteiger partial charge on any atom is -0.504 e. The molecule has 0 unspecified atom stereocenters. The molecule has 0 spiro atoms. The van der Waals surface area contributed by atoms with Crippen molar-refractivity contribution in [2.45, 2.75) is 38.8 Å². The zero-order valence-corrected chi connectivity index (χ0v) is 19.3. The van der Waals surface area contributed by atoms with Crippen LogP contribution < -0.4 is 14.2 Å². The van der Waals surface area contributed by atoms with Gasteiger partial charge in [-0.25, -0.2) is 0 Å². The second-order valence-corrected chi connectivity index (χ2v) is 8.15. The molecule has 2 aromatic carbocycles. The zero-order valence-electron chi connectivity index (χ0n) is 19.3. The first-order valence-electron chi connectivity index (χ1n) is 11.1. The van der Waals surface area contributed by atoms with Crippen molar-refractivity contribution in [3.8, 4) is 23.0 Å². The van der Waals surface area contributed by atoms with E-state index in [9.17, 15) is 5.11 Å². The second-order valence-electron chi connectivity index (χ2n) is 8.15. The van der Waals surface area contributed by atoms with E-state index >= 15 is 0 Å². The number of aromatic hydroxyl groups is 1. The molecular weight excluding hydrogens is 392 g/mol. The molecule has 0 bridgehead atoms. The lowest BCUT2D eigenvalue weighted by Crippen LogP contribution is -2.46. The van der Waals surface area contributed by atoms with Crippen molar-refractivity contribution in [2.75, 3.05) is 47.5 Å². The Labute approximate surface area is 186 Å². The Balaban J connectivity index is 1.56. The molecule has 1 fully saturated rings. The van der Waals surface area contributed by atoms with E-state index in [0.717, 1.165) is 56.1 Å². The highest BCUT2D eigenvalue weighted by Crippen LogP contribution is 2.31. The van der Waals surface area contributed by atoms with Gasteiger partial charge >= 0.3 is 0 Å². The van der Waals surface area contributed by atoms with Crippen LogP contribution in [0.2, 0.25) is 0 Å². The summed E-state index contributed by atoms with van der Waals surface area (Å²) in [7, 11) is 5.54. The van der Waals surface area contributed by atoms with E-state index in [2.05, 4.69) is 29.0 Å². The summed E-state index contributed by atoms with van der Waals surface area (Å²) in [5.74, 6) is 2.38. The van der Waals surface area contributed by atoms with Crippen molar-refractivity contribution in [3.63, 3.8) is 0 Å². The molecular formula is C25H36N2O4. The Kier molecular flexibility index (Phi) is 8.43. The van der Waals surface area contributed by atoms with E-state index in [0.29, 0.717) is 18.4 Å². The molecule has 1 saturated heterocycles. The number of likely N-dealkylation sites (N-methyl/N-ethyl adjacent to an activating group) is 1. The number of methoxy groups -OCH3 is 2. The molecule has 1 atom stereocenters. The molecule has 0 amide bonds. The number of rotatable bonds is 10. The maximum Gasteiger partial charge on any atom is 0.162 e. The van der Waals surface area contributed by atoms with Crippen LogP contribution in [0.15, 0.2) is 36.4 Å². The number of phenols is 1. The standard InChI is InChI=1S/C25H36N2O4/c1-5-31-23-10-6-8-20(25(23)28)17-27-14-7-9-21(18-27)26(2)15-13-19-11-12-22(29-3)24(16-19)30-4/h6,8,10-12,16,21,28H,5,7,9,13-15,17-18H2,1-4H3/t21-/m1/s1. The highest BCUT2D eigenvalue weighted by atomic mass is 16.5. The van der Waals surface area contributed by atoms with Crippen LogP contribution in [0.3, 0.4) is 0 Å². The molecule has 2 aromatic rings. The molecule has 3 rings (SSSR count). The Morgan fingerprint density at radius 2 is 1.90 bits per heavy atom. The first kappa shape index (κ1) is 23.2. The molecule has 1 aliphatic heterocycles. The van der Waals surface area contributed by atoms with Gasteiger partial charge in [-0.2, -0.15) is 0 Å². The minimum absolute atomic E-state index is 0.272. The first-order chi connectivity index (χ1) is 15.0. The highest BCUT2D eigenvalue weighted by Gasteiger charge is 2.24. The molecule has 0 radical (unpaired) electrons. The number of hydrogen-bond donors (Lipinski definition) is 1. The second kappa shape index (κ2) is 11.3. The van der Waals surface area contributed by atoms with Crippen molar-refractivity contribution >= 4 is 0 Å². The molecule has 6 nitrogen and oxygen atoms in total. The van der Waals surface area contributed by atoms with Crippen LogP contribution in [-0.4, -0.2) is 68.5 Å². The summed E-state index contributed by atoms with van der Waals surface area (Å²) >= 11 is 0. The number of phenolic OH excluding ortho intramolecular Hbond substituents is 1. The third-order valence-corrected chi connectivity index (χ3v) is 6.08. The zero-order chi connectivity index (χ0) is 22.2. The van der Waals surface area contributed by atoms with Crippen molar-refractivity contribution in [2.24, 2.45) is 0 Å². The Hall–Kier alpha value is -2.44. The Bertz CT molecular complexity index is 842. The molecule has 170 valence electrons. The topological polar surface area (TPSA) is 54.4 Å². The van der Waals surface area contributed by atoms with Gasteiger partial charge in [0, 0.05) is 31.2 Å². The molecule has 0 saturated carbocycles. The van der Waals surface area contributed by atoms with E-state index in [-0.39, 0.29) is 5.75 Å². The number of para-hydroxylation sites is 1. The van der Waals surface area contributed by atoms with Crippen molar-refractivity contribution in [1.29, 1.82) is 0 Å². The summed E-state index contributed by atoms with van der Waals surface area (Å²) < 4.78 is 16.3. The fourth-order valence-corrected chi connectivity index (χ4v) is 4.27. The largest absolute Gasteiger partial charge is 0.504 e. The molecule has 1 N–H and O–H groups in total. The number of likely N-dealkylation sites (tertiary alicyclic amines) is 1. The molecule has 1 heterocycles. The van der Waals surface area contributed by atoms with E-state index in [1.807, 2.05) is 31.2 Å². The van der Waals surface area contributed by atoms with Crippen molar-refractivity contribution < 1.29 is 19.3 Å². The molecule has 31 heavy (non-hydrogen) atoms. The summed E-state index contributed by atoms with van der Waals surface area (Å²) in [6, 6.07) is 12.4. The monoisotopic (exact) mass is 428 g/mol.